The molecule has 4 heterocycles. The van der Waals surface area contributed by atoms with Gasteiger partial charge in [-0.25, -0.2) is 9.97 Å². The summed E-state index contributed by atoms with van der Waals surface area (Å²) in [6.07, 6.45) is 8.20. The van der Waals surface area contributed by atoms with Crippen LogP contribution in [0.1, 0.15) is 29.9 Å². The summed E-state index contributed by atoms with van der Waals surface area (Å²) in [7, 11) is 0. The number of anilines is 2. The third kappa shape index (κ3) is 4.60. The van der Waals surface area contributed by atoms with Crippen molar-refractivity contribution in [3.05, 3.63) is 66.1 Å². The molecule has 6 heteroatoms. The second-order valence-electron chi connectivity index (χ2n) is 7.89. The molecule has 0 radical (unpaired) electrons. The van der Waals surface area contributed by atoms with E-state index in [0.717, 1.165) is 55.6 Å². The normalized spacial score (nSPS) is 17.2. The Bertz CT molecular complexity index is 964. The summed E-state index contributed by atoms with van der Waals surface area (Å²) in [4.78, 5) is 16.2. The van der Waals surface area contributed by atoms with Crippen molar-refractivity contribution in [2.75, 3.05) is 31.5 Å². The van der Waals surface area contributed by atoms with Crippen molar-refractivity contribution in [3.8, 4) is 11.3 Å². The highest BCUT2D eigenvalue weighted by Gasteiger charge is 2.25. The first-order valence-electron chi connectivity index (χ1n) is 10.4. The molecule has 1 saturated carbocycles. The van der Waals surface area contributed by atoms with Crippen LogP contribution in [0.15, 0.2) is 55.0 Å². The highest BCUT2D eigenvalue weighted by Crippen LogP contribution is 2.42. The van der Waals surface area contributed by atoms with E-state index < -0.39 is 0 Å². The lowest BCUT2D eigenvalue weighted by molar-refractivity contribution is 0.233. The lowest BCUT2D eigenvalue weighted by atomic mass is 10.1. The Kier molecular flexibility index (Phi) is 5.19. The van der Waals surface area contributed by atoms with Gasteiger partial charge in [-0.05, 0) is 60.2 Å². The van der Waals surface area contributed by atoms with Crippen LogP contribution in [0.4, 0.5) is 11.6 Å². The highest BCUT2D eigenvalue weighted by atomic mass is 15.2. The summed E-state index contributed by atoms with van der Waals surface area (Å²) in [6, 6.07) is 12.5. The Balaban J connectivity index is 1.42. The molecule has 0 aromatic carbocycles. The number of hydrogen-bond donors (Lipinski definition) is 2. The van der Waals surface area contributed by atoms with Crippen molar-refractivity contribution in [1.29, 1.82) is 0 Å². The van der Waals surface area contributed by atoms with Gasteiger partial charge in [0.15, 0.2) is 0 Å². The highest BCUT2D eigenvalue weighted by molar-refractivity contribution is 5.65. The van der Waals surface area contributed by atoms with Gasteiger partial charge in [0, 0.05) is 56.9 Å². The molecule has 148 valence electrons. The van der Waals surface area contributed by atoms with Gasteiger partial charge >= 0.3 is 0 Å². The molecular weight excluding hydrogens is 360 g/mol. The van der Waals surface area contributed by atoms with Crippen LogP contribution in [-0.2, 0) is 6.54 Å². The van der Waals surface area contributed by atoms with Crippen LogP contribution in [0.2, 0.25) is 0 Å². The molecule has 5 rings (SSSR count). The molecule has 2 N–H and O–H groups in total. The van der Waals surface area contributed by atoms with Gasteiger partial charge in [-0.1, -0.05) is 6.07 Å². The second-order valence-corrected chi connectivity index (χ2v) is 7.89. The molecule has 0 atom stereocenters. The fourth-order valence-corrected chi connectivity index (χ4v) is 3.83. The van der Waals surface area contributed by atoms with Crippen molar-refractivity contribution < 1.29 is 0 Å². The van der Waals surface area contributed by atoms with Gasteiger partial charge in [0.05, 0.1) is 5.69 Å². The summed E-state index contributed by atoms with van der Waals surface area (Å²) in [6.45, 7) is 5.21. The zero-order valence-corrected chi connectivity index (χ0v) is 16.5. The smallest absolute Gasteiger partial charge is 0.132 e. The summed E-state index contributed by atoms with van der Waals surface area (Å²) in [5, 5.41) is 6.77. The Labute approximate surface area is 171 Å². The van der Waals surface area contributed by atoms with E-state index in [0.29, 0.717) is 5.92 Å². The van der Waals surface area contributed by atoms with E-state index in [-0.39, 0.29) is 0 Å². The van der Waals surface area contributed by atoms with Gasteiger partial charge in [-0.3, -0.25) is 9.88 Å². The van der Waals surface area contributed by atoms with E-state index >= 15 is 0 Å². The molecule has 0 spiro atoms. The van der Waals surface area contributed by atoms with Gasteiger partial charge in [-0.15, -0.1) is 0 Å². The summed E-state index contributed by atoms with van der Waals surface area (Å²) < 4.78 is 0. The second kappa shape index (κ2) is 8.27. The monoisotopic (exact) mass is 386 g/mol. The molecule has 1 aliphatic carbocycles. The minimum Gasteiger partial charge on any atom is -0.325 e. The Morgan fingerprint density at radius 2 is 1.93 bits per heavy atom. The molecule has 1 saturated heterocycles. The van der Waals surface area contributed by atoms with Crippen molar-refractivity contribution in [2.45, 2.75) is 25.3 Å². The molecule has 29 heavy (non-hydrogen) atoms. The third-order valence-corrected chi connectivity index (χ3v) is 5.52. The number of nitrogens with zero attached hydrogens (tertiary/aromatic N) is 4. The summed E-state index contributed by atoms with van der Waals surface area (Å²) in [5.74, 6) is 2.30. The predicted molar refractivity (Wildman–Crippen MR) is 115 cm³/mol. The fraction of sp³-hybridized carbons (Fsp3) is 0.348. The number of rotatable bonds is 6. The van der Waals surface area contributed by atoms with E-state index in [1.807, 2.05) is 30.6 Å². The molecule has 0 amide bonds. The quantitative estimate of drug-likeness (QED) is 0.675. The number of pyridine rings is 3. The van der Waals surface area contributed by atoms with Crippen molar-refractivity contribution in [2.24, 2.45) is 0 Å². The van der Waals surface area contributed by atoms with Crippen LogP contribution in [0.3, 0.4) is 0 Å². The first-order chi connectivity index (χ1) is 14.3. The van der Waals surface area contributed by atoms with Crippen LogP contribution < -0.4 is 10.6 Å². The molecule has 6 nitrogen and oxygen atoms in total. The minimum atomic E-state index is 0.651. The Morgan fingerprint density at radius 3 is 2.72 bits per heavy atom. The summed E-state index contributed by atoms with van der Waals surface area (Å²) in [5.41, 5.74) is 4.63. The van der Waals surface area contributed by atoms with Crippen LogP contribution >= 0.6 is 0 Å². The SMILES string of the molecule is c1ccc(Nc2cc(C3CC3)cc(-c3cncc(CN4CCNCC4)c3)n2)nc1. The number of piperazine rings is 1. The van der Waals surface area contributed by atoms with E-state index in [4.69, 9.17) is 4.98 Å². The Hall–Kier alpha value is -2.83. The van der Waals surface area contributed by atoms with Crippen LogP contribution in [0.5, 0.6) is 0 Å². The average Bonchev–Trinajstić information content (AvgIpc) is 3.61. The average molecular weight is 387 g/mol. The lowest BCUT2D eigenvalue weighted by Crippen LogP contribution is -2.42. The number of aromatic nitrogens is 3. The van der Waals surface area contributed by atoms with E-state index in [2.05, 4.69) is 43.7 Å². The maximum atomic E-state index is 4.88. The maximum absolute atomic E-state index is 4.88. The van der Waals surface area contributed by atoms with E-state index in [1.165, 1.54) is 24.0 Å². The van der Waals surface area contributed by atoms with Crippen molar-refractivity contribution in [3.63, 3.8) is 0 Å². The zero-order chi connectivity index (χ0) is 19.5. The topological polar surface area (TPSA) is 66.0 Å². The molecule has 2 fully saturated rings. The van der Waals surface area contributed by atoms with Crippen LogP contribution in [-0.4, -0.2) is 46.0 Å². The van der Waals surface area contributed by atoms with Gasteiger partial charge < -0.3 is 10.6 Å². The van der Waals surface area contributed by atoms with Gasteiger partial charge in [0.1, 0.15) is 11.6 Å². The molecule has 0 unspecified atom stereocenters. The standard InChI is InChI=1S/C23H26N6/c1-2-6-26-22(3-1)28-23-13-19(18-4-5-18)12-21(27-23)20-11-17(14-25-15-20)16-29-9-7-24-8-10-29/h1-3,6,11-15,18,24H,4-5,7-10,16H2,(H,26,27,28). The molecular formula is C23H26N6. The van der Waals surface area contributed by atoms with Gasteiger partial charge in [-0.2, -0.15) is 0 Å². The minimum absolute atomic E-state index is 0.651. The zero-order valence-electron chi connectivity index (χ0n) is 16.5. The number of nitrogens with one attached hydrogen (secondary N) is 2. The number of hydrogen-bond acceptors (Lipinski definition) is 6. The molecule has 1 aliphatic heterocycles. The van der Waals surface area contributed by atoms with Gasteiger partial charge in [0.25, 0.3) is 0 Å². The molecule has 3 aromatic rings. The Morgan fingerprint density at radius 1 is 1.03 bits per heavy atom. The van der Waals surface area contributed by atoms with Crippen LogP contribution in [0, 0.1) is 0 Å². The predicted octanol–water partition coefficient (Wildman–Crippen LogP) is 3.56. The summed E-state index contributed by atoms with van der Waals surface area (Å²) >= 11 is 0. The largest absolute Gasteiger partial charge is 0.325 e. The molecule has 0 bridgehead atoms. The van der Waals surface area contributed by atoms with Gasteiger partial charge in [0.2, 0.25) is 0 Å². The first-order valence-corrected chi connectivity index (χ1v) is 10.4. The lowest BCUT2D eigenvalue weighted by Gasteiger charge is -2.27. The maximum Gasteiger partial charge on any atom is 0.132 e. The first kappa shape index (κ1) is 18.2. The van der Waals surface area contributed by atoms with Crippen LogP contribution in [0.25, 0.3) is 11.3 Å². The van der Waals surface area contributed by atoms with E-state index in [1.54, 1.807) is 6.20 Å². The molecule has 3 aromatic heterocycles. The van der Waals surface area contributed by atoms with E-state index in [9.17, 15) is 0 Å². The molecule has 2 aliphatic rings. The van der Waals surface area contributed by atoms with Crippen molar-refractivity contribution >= 4 is 11.6 Å². The van der Waals surface area contributed by atoms with Crippen molar-refractivity contribution in [1.82, 2.24) is 25.2 Å². The third-order valence-electron chi connectivity index (χ3n) is 5.52. The fourth-order valence-electron chi connectivity index (χ4n) is 3.83.